The fourth-order valence-electron chi connectivity index (χ4n) is 3.46. The minimum Gasteiger partial charge on any atom is -0.462 e. The third-order valence-corrected chi connectivity index (χ3v) is 5.23. The van der Waals surface area contributed by atoms with Crippen LogP contribution in [-0.4, -0.2) is 26.7 Å². The molecule has 30 heavy (non-hydrogen) atoms. The van der Waals surface area contributed by atoms with Gasteiger partial charge in [0.05, 0.1) is 35.7 Å². The number of hydrogen-bond acceptors (Lipinski definition) is 6. The van der Waals surface area contributed by atoms with Crippen LogP contribution in [0.2, 0.25) is 0 Å². The van der Waals surface area contributed by atoms with Crippen LogP contribution in [0.25, 0.3) is 11.0 Å². The third-order valence-electron chi connectivity index (χ3n) is 5.23. The van der Waals surface area contributed by atoms with Gasteiger partial charge in [0.25, 0.3) is 5.56 Å². The molecule has 0 N–H and O–H groups in total. The first kappa shape index (κ1) is 19.6. The number of nitriles is 1. The second-order valence-corrected chi connectivity index (χ2v) is 7.33. The quantitative estimate of drug-likeness (QED) is 0.603. The first-order chi connectivity index (χ1) is 14.4. The predicted molar refractivity (Wildman–Crippen MR) is 109 cm³/mol. The van der Waals surface area contributed by atoms with Gasteiger partial charge >= 0.3 is 11.7 Å². The van der Waals surface area contributed by atoms with Crippen molar-refractivity contribution in [1.82, 2.24) is 14.1 Å². The molecule has 152 valence electrons. The third kappa shape index (κ3) is 3.39. The lowest BCUT2D eigenvalue weighted by molar-refractivity contribution is 0.0528. The van der Waals surface area contributed by atoms with Crippen LogP contribution in [0.15, 0.2) is 39.9 Å². The highest BCUT2D eigenvalue weighted by atomic mass is 16.5. The van der Waals surface area contributed by atoms with E-state index in [-0.39, 0.29) is 35.7 Å². The van der Waals surface area contributed by atoms with E-state index < -0.39 is 17.2 Å². The minimum atomic E-state index is -0.604. The summed E-state index contributed by atoms with van der Waals surface area (Å²) in [4.78, 5) is 43.4. The van der Waals surface area contributed by atoms with Crippen LogP contribution >= 0.6 is 0 Å². The molecule has 0 unspecified atom stereocenters. The summed E-state index contributed by atoms with van der Waals surface area (Å²) in [5, 5.41) is 9.02. The van der Waals surface area contributed by atoms with E-state index in [2.05, 4.69) is 4.98 Å². The fourth-order valence-corrected chi connectivity index (χ4v) is 3.46. The molecule has 0 spiro atoms. The van der Waals surface area contributed by atoms with Crippen molar-refractivity contribution < 1.29 is 9.53 Å². The maximum Gasteiger partial charge on any atom is 0.339 e. The van der Waals surface area contributed by atoms with Crippen molar-refractivity contribution in [2.24, 2.45) is 7.05 Å². The van der Waals surface area contributed by atoms with Crippen LogP contribution in [0.1, 0.15) is 52.9 Å². The highest BCUT2D eigenvalue weighted by Gasteiger charge is 2.29. The number of hydrogen-bond donors (Lipinski definition) is 0. The Hall–Kier alpha value is -3.73. The van der Waals surface area contributed by atoms with Crippen molar-refractivity contribution in [3.63, 3.8) is 0 Å². The standard InChI is InChI=1S/C22H20N4O4/c1-3-30-21(28)16-10-17(15-8-9-15)24-19-18(16)20(27)26(22(29)25(19)2)12-14-6-4-13(11-23)5-7-14/h4-7,10,15H,3,8-9,12H2,1-2H3. The van der Waals surface area contributed by atoms with Crippen molar-refractivity contribution in [2.75, 3.05) is 6.61 Å². The number of carbonyl (C=O) groups is 1. The van der Waals surface area contributed by atoms with Gasteiger partial charge < -0.3 is 4.74 Å². The van der Waals surface area contributed by atoms with E-state index in [1.807, 2.05) is 6.07 Å². The number of carbonyl (C=O) groups excluding carboxylic acids is 1. The number of fused-ring (bicyclic) bond motifs is 1. The Labute approximate surface area is 172 Å². The zero-order chi connectivity index (χ0) is 21.4. The van der Waals surface area contributed by atoms with Gasteiger partial charge in [-0.1, -0.05) is 12.1 Å². The monoisotopic (exact) mass is 404 g/mol. The number of rotatable bonds is 5. The molecule has 0 amide bonds. The van der Waals surface area contributed by atoms with Crippen molar-refractivity contribution in [1.29, 1.82) is 5.26 Å². The lowest BCUT2D eigenvalue weighted by Gasteiger charge is -2.14. The van der Waals surface area contributed by atoms with E-state index in [0.717, 1.165) is 17.4 Å². The molecule has 1 aliphatic rings. The number of pyridine rings is 1. The molecule has 0 saturated heterocycles. The summed E-state index contributed by atoms with van der Waals surface area (Å²) < 4.78 is 7.54. The van der Waals surface area contributed by atoms with E-state index in [1.54, 1.807) is 37.3 Å². The van der Waals surface area contributed by atoms with Gasteiger partial charge in [0.2, 0.25) is 0 Å². The molecule has 1 saturated carbocycles. The maximum atomic E-state index is 13.3. The molecule has 2 aromatic heterocycles. The molecular weight excluding hydrogens is 384 g/mol. The molecule has 1 fully saturated rings. The normalized spacial score (nSPS) is 13.2. The highest BCUT2D eigenvalue weighted by molar-refractivity contribution is 6.02. The Morgan fingerprint density at radius 1 is 1.27 bits per heavy atom. The van der Waals surface area contributed by atoms with E-state index >= 15 is 0 Å². The van der Waals surface area contributed by atoms with Gasteiger partial charge in [0.15, 0.2) is 0 Å². The van der Waals surface area contributed by atoms with Crippen LogP contribution in [0, 0.1) is 11.3 Å². The summed E-state index contributed by atoms with van der Waals surface area (Å²) in [6.07, 6.45) is 1.93. The second-order valence-electron chi connectivity index (χ2n) is 7.33. The van der Waals surface area contributed by atoms with E-state index in [0.29, 0.717) is 16.8 Å². The van der Waals surface area contributed by atoms with Gasteiger partial charge in [-0.05, 0) is 43.5 Å². The summed E-state index contributed by atoms with van der Waals surface area (Å²) in [5.41, 5.74) is 1.09. The molecule has 0 aliphatic heterocycles. The Morgan fingerprint density at radius 2 is 1.97 bits per heavy atom. The van der Waals surface area contributed by atoms with Gasteiger partial charge in [-0.3, -0.25) is 13.9 Å². The van der Waals surface area contributed by atoms with Crippen LogP contribution in [0.5, 0.6) is 0 Å². The Bertz CT molecular complexity index is 1310. The van der Waals surface area contributed by atoms with Gasteiger partial charge in [-0.25, -0.2) is 14.6 Å². The van der Waals surface area contributed by atoms with E-state index in [4.69, 9.17) is 10.00 Å². The largest absolute Gasteiger partial charge is 0.462 e. The summed E-state index contributed by atoms with van der Waals surface area (Å²) in [5.74, 6) is -0.369. The number of aryl methyl sites for hydroxylation is 1. The van der Waals surface area contributed by atoms with Crippen LogP contribution in [-0.2, 0) is 18.3 Å². The van der Waals surface area contributed by atoms with Crippen LogP contribution in [0.3, 0.4) is 0 Å². The topological polar surface area (TPSA) is 107 Å². The molecule has 2 heterocycles. The van der Waals surface area contributed by atoms with Gasteiger partial charge in [-0.15, -0.1) is 0 Å². The zero-order valence-electron chi connectivity index (χ0n) is 16.7. The summed E-state index contributed by atoms with van der Waals surface area (Å²) >= 11 is 0. The number of esters is 1. The Balaban J connectivity index is 1.94. The predicted octanol–water partition coefficient (Wildman–Crippen LogP) is 2.07. The minimum absolute atomic E-state index is 0.0137. The first-order valence-corrected chi connectivity index (χ1v) is 9.75. The Kier molecular flexibility index (Phi) is 4.96. The molecule has 1 aromatic carbocycles. The maximum absolute atomic E-state index is 13.3. The molecular formula is C22H20N4O4. The zero-order valence-corrected chi connectivity index (χ0v) is 16.7. The van der Waals surface area contributed by atoms with Crippen LogP contribution < -0.4 is 11.2 Å². The number of ether oxygens (including phenoxy) is 1. The summed E-state index contributed by atoms with van der Waals surface area (Å²) in [6.45, 7) is 1.88. The lowest BCUT2D eigenvalue weighted by atomic mass is 10.1. The average molecular weight is 404 g/mol. The van der Waals surface area contributed by atoms with Gasteiger partial charge in [0.1, 0.15) is 5.65 Å². The molecule has 0 radical (unpaired) electrons. The number of nitrogens with zero attached hydrogens (tertiary/aromatic N) is 4. The molecule has 3 aromatic rings. The molecule has 0 bridgehead atoms. The smallest absolute Gasteiger partial charge is 0.339 e. The van der Waals surface area contributed by atoms with Crippen molar-refractivity contribution in [2.45, 2.75) is 32.2 Å². The first-order valence-electron chi connectivity index (χ1n) is 9.75. The number of benzene rings is 1. The lowest BCUT2D eigenvalue weighted by Crippen LogP contribution is -2.40. The van der Waals surface area contributed by atoms with Crippen molar-refractivity contribution >= 4 is 17.0 Å². The fraction of sp³-hybridized carbons (Fsp3) is 0.318. The average Bonchev–Trinajstić information content (AvgIpc) is 3.60. The molecule has 1 aliphatic carbocycles. The molecule has 8 nitrogen and oxygen atoms in total. The second kappa shape index (κ2) is 7.59. The summed E-state index contributed by atoms with van der Waals surface area (Å²) in [6, 6.07) is 10.3. The van der Waals surface area contributed by atoms with Crippen molar-refractivity contribution in [3.05, 3.63) is 73.6 Å². The Morgan fingerprint density at radius 3 is 2.57 bits per heavy atom. The van der Waals surface area contributed by atoms with Crippen molar-refractivity contribution in [3.8, 4) is 6.07 Å². The van der Waals surface area contributed by atoms with Gasteiger partial charge in [-0.2, -0.15) is 5.26 Å². The van der Waals surface area contributed by atoms with E-state index in [9.17, 15) is 14.4 Å². The molecule has 8 heteroatoms. The molecule has 4 rings (SSSR count). The highest BCUT2D eigenvalue weighted by Crippen LogP contribution is 2.39. The number of aromatic nitrogens is 3. The molecule has 0 atom stereocenters. The van der Waals surface area contributed by atoms with E-state index in [1.165, 1.54) is 11.6 Å². The van der Waals surface area contributed by atoms with Gasteiger partial charge in [0, 0.05) is 18.7 Å². The summed E-state index contributed by atoms with van der Waals surface area (Å²) in [7, 11) is 1.54. The SMILES string of the molecule is CCOC(=O)c1cc(C2CC2)nc2c1c(=O)n(Cc1ccc(C#N)cc1)c(=O)n2C. The van der Waals surface area contributed by atoms with Crippen LogP contribution in [0.4, 0.5) is 0 Å².